The van der Waals surface area contributed by atoms with E-state index in [1.807, 2.05) is 0 Å². The van der Waals surface area contributed by atoms with Crippen LogP contribution in [0, 0.1) is 0 Å². The van der Waals surface area contributed by atoms with Gasteiger partial charge in [-0.05, 0) is 140 Å². The minimum absolute atomic E-state index is 0.0562. The molecule has 3 heterocycles. The number of rotatable bonds is 6. The first kappa shape index (κ1) is 48.6. The highest BCUT2D eigenvalue weighted by Crippen LogP contribution is 2.56. The fraction of sp³-hybridized carbons (Fsp3) is 0.111. The number of hydrogen-bond donors (Lipinski definition) is 0. The molecule has 3 nitrogen and oxygen atoms in total. The number of fused-ring (bicyclic) bond motifs is 21. The third-order valence-corrected chi connectivity index (χ3v) is 20.5. The van der Waals surface area contributed by atoms with Gasteiger partial charge in [0.2, 0.25) is 6.71 Å². The minimum Gasteiger partial charge on any atom is -0.309 e. The van der Waals surface area contributed by atoms with Crippen LogP contribution in [0.4, 0.5) is 0 Å². The molecule has 0 saturated carbocycles. The Hall–Kier alpha value is -9.90. The van der Waals surface area contributed by atoms with Crippen molar-refractivity contribution in [3.8, 4) is 50.4 Å². The van der Waals surface area contributed by atoms with Crippen molar-refractivity contribution in [2.45, 2.75) is 57.8 Å². The predicted octanol–water partition coefficient (Wildman–Crippen LogP) is 18.4. The second kappa shape index (κ2) is 17.1. The van der Waals surface area contributed by atoms with E-state index in [4.69, 9.17) is 0 Å². The number of para-hydroxylation sites is 3. The molecule has 15 aromatic rings. The van der Waals surface area contributed by atoms with Gasteiger partial charge in [-0.15, -0.1) is 0 Å². The molecule has 0 atom stereocenters. The summed E-state index contributed by atoms with van der Waals surface area (Å²) in [5.41, 5.74) is 30.7. The van der Waals surface area contributed by atoms with Crippen molar-refractivity contribution in [3.05, 3.63) is 288 Å². The second-order valence-corrected chi connectivity index (χ2v) is 25.9. The molecule has 12 aromatic carbocycles. The summed E-state index contributed by atoms with van der Waals surface area (Å²) in [6.07, 6.45) is 0. The van der Waals surface area contributed by atoms with Crippen LogP contribution in [0.3, 0.4) is 0 Å². The van der Waals surface area contributed by atoms with E-state index in [9.17, 15) is 0 Å². The Balaban J connectivity index is 0.791. The summed E-state index contributed by atoms with van der Waals surface area (Å²) in [6, 6.07) is 96.7. The standard InChI is InChI=1S/C81H60BN3/c1-79(2)64-25-13-7-19-55(64)58-43-46-70-73(76(58)79)61-22-10-16-28-67(61)83(70)52-37-31-49(32-38-52)82(50-33-39-53(40-34-50)84-68-29-17-11-23-62(68)74-71(84)47-44-59-56-20-8-14-26-65(56)80(3,4)77(59)74)51-35-41-54(42-36-51)85-69-30-18-12-24-63(69)75-72(85)48-45-60-57-21-9-15-27-66(57)81(5,6)78(60)75/h7-48H,1-6H3. The van der Waals surface area contributed by atoms with Gasteiger partial charge in [0.1, 0.15) is 0 Å². The summed E-state index contributed by atoms with van der Waals surface area (Å²) in [6.45, 7) is 14.4. The molecule has 0 bridgehead atoms. The number of aromatic nitrogens is 3. The van der Waals surface area contributed by atoms with Gasteiger partial charge in [0.15, 0.2) is 0 Å². The van der Waals surface area contributed by atoms with E-state index in [0.717, 1.165) is 17.1 Å². The largest absolute Gasteiger partial charge is 0.309 e. The van der Waals surface area contributed by atoms with Crippen LogP contribution in [0.1, 0.15) is 74.9 Å². The number of benzene rings is 12. The highest BCUT2D eigenvalue weighted by Gasteiger charge is 2.41. The second-order valence-electron chi connectivity index (χ2n) is 25.9. The summed E-state index contributed by atoms with van der Waals surface area (Å²) in [7, 11) is 0. The molecule has 18 rings (SSSR count). The molecule has 3 aromatic heterocycles. The smallest absolute Gasteiger partial charge is 0.241 e. The molecule has 4 heteroatoms. The zero-order valence-electron chi connectivity index (χ0n) is 48.7. The maximum atomic E-state index is 2.49. The van der Waals surface area contributed by atoms with Crippen molar-refractivity contribution >= 4 is 88.5 Å². The van der Waals surface area contributed by atoms with Gasteiger partial charge in [0, 0.05) is 65.6 Å². The maximum Gasteiger partial charge on any atom is 0.241 e. The van der Waals surface area contributed by atoms with E-state index in [0.29, 0.717) is 0 Å². The average molecular weight is 1090 g/mol. The summed E-state index contributed by atoms with van der Waals surface area (Å²) < 4.78 is 7.48. The van der Waals surface area contributed by atoms with Gasteiger partial charge in [-0.3, -0.25) is 0 Å². The average Bonchev–Trinajstić information content (AvgIpc) is 1.61. The monoisotopic (exact) mass is 1090 g/mol. The van der Waals surface area contributed by atoms with Crippen molar-refractivity contribution in [2.24, 2.45) is 0 Å². The molecule has 0 amide bonds. The van der Waals surface area contributed by atoms with Crippen LogP contribution >= 0.6 is 0 Å². The van der Waals surface area contributed by atoms with Crippen LogP contribution in [0.2, 0.25) is 0 Å². The molecule has 0 aliphatic heterocycles. The van der Waals surface area contributed by atoms with E-state index in [1.165, 1.54) is 149 Å². The van der Waals surface area contributed by atoms with E-state index in [-0.39, 0.29) is 23.0 Å². The predicted molar refractivity (Wildman–Crippen MR) is 360 cm³/mol. The Morgan fingerprint density at radius 3 is 0.788 bits per heavy atom. The third-order valence-electron chi connectivity index (χ3n) is 20.5. The highest BCUT2D eigenvalue weighted by atomic mass is 15.0. The topological polar surface area (TPSA) is 14.8 Å². The van der Waals surface area contributed by atoms with Gasteiger partial charge in [-0.25, -0.2) is 0 Å². The quantitative estimate of drug-likeness (QED) is 0.147. The Kier molecular flexibility index (Phi) is 9.79. The molecule has 0 fully saturated rings. The molecule has 3 aliphatic rings. The number of hydrogen-bond acceptors (Lipinski definition) is 0. The molecule has 0 radical (unpaired) electrons. The lowest BCUT2D eigenvalue weighted by atomic mass is 9.37. The zero-order chi connectivity index (χ0) is 56.8. The zero-order valence-corrected chi connectivity index (χ0v) is 48.7. The third kappa shape index (κ3) is 6.41. The lowest BCUT2D eigenvalue weighted by Crippen LogP contribution is -2.52. The van der Waals surface area contributed by atoms with Crippen molar-refractivity contribution in [1.82, 2.24) is 13.7 Å². The molecule has 402 valence electrons. The van der Waals surface area contributed by atoms with Crippen molar-refractivity contribution < 1.29 is 0 Å². The first-order chi connectivity index (χ1) is 41.5. The van der Waals surface area contributed by atoms with Crippen LogP contribution in [-0.4, -0.2) is 20.4 Å². The Morgan fingerprint density at radius 1 is 0.235 bits per heavy atom. The van der Waals surface area contributed by atoms with Crippen LogP contribution in [-0.2, 0) is 16.2 Å². The summed E-state index contributed by atoms with van der Waals surface area (Å²) in [5.74, 6) is 0. The minimum atomic E-state index is -0.140. The van der Waals surface area contributed by atoms with Crippen molar-refractivity contribution in [3.63, 3.8) is 0 Å². The number of nitrogens with zero attached hydrogens (tertiary/aromatic N) is 3. The molecule has 0 N–H and O–H groups in total. The molecule has 3 aliphatic carbocycles. The van der Waals surface area contributed by atoms with E-state index >= 15 is 0 Å². The molecule has 0 saturated heterocycles. The molecular formula is C81H60BN3. The van der Waals surface area contributed by atoms with Gasteiger partial charge < -0.3 is 13.7 Å². The van der Waals surface area contributed by atoms with Gasteiger partial charge >= 0.3 is 0 Å². The molecular weight excluding hydrogens is 1030 g/mol. The maximum absolute atomic E-state index is 2.49. The Labute approximate surface area is 495 Å². The fourth-order valence-electron chi connectivity index (χ4n) is 16.9. The lowest BCUT2D eigenvalue weighted by molar-refractivity contribution is 0.666. The van der Waals surface area contributed by atoms with Gasteiger partial charge in [-0.2, -0.15) is 0 Å². The van der Waals surface area contributed by atoms with E-state index in [1.54, 1.807) is 0 Å². The van der Waals surface area contributed by atoms with Gasteiger partial charge in [0.25, 0.3) is 0 Å². The van der Waals surface area contributed by atoms with E-state index < -0.39 is 0 Å². The van der Waals surface area contributed by atoms with E-state index in [2.05, 4.69) is 310 Å². The van der Waals surface area contributed by atoms with Gasteiger partial charge in [0.05, 0.1) is 33.1 Å². The van der Waals surface area contributed by atoms with Crippen LogP contribution < -0.4 is 16.4 Å². The summed E-state index contributed by atoms with van der Waals surface area (Å²) >= 11 is 0. The van der Waals surface area contributed by atoms with Gasteiger partial charge in [-0.1, -0.05) is 240 Å². The molecule has 0 unspecified atom stereocenters. The lowest BCUT2D eigenvalue weighted by Gasteiger charge is -2.22. The first-order valence-electron chi connectivity index (χ1n) is 30.3. The van der Waals surface area contributed by atoms with Crippen LogP contribution in [0.5, 0.6) is 0 Å². The first-order valence-corrected chi connectivity index (χ1v) is 30.3. The highest BCUT2D eigenvalue weighted by molar-refractivity contribution is 6.95. The summed E-state index contributed by atoms with van der Waals surface area (Å²) in [4.78, 5) is 0. The van der Waals surface area contributed by atoms with Crippen molar-refractivity contribution in [1.29, 1.82) is 0 Å². The normalized spacial score (nSPS) is 14.8. The summed E-state index contributed by atoms with van der Waals surface area (Å²) in [5, 5.41) is 7.92. The van der Waals surface area contributed by atoms with Crippen LogP contribution in [0.15, 0.2) is 255 Å². The van der Waals surface area contributed by atoms with Crippen molar-refractivity contribution in [2.75, 3.05) is 0 Å². The SMILES string of the molecule is CC1(C)c2ccccc2-c2ccc3c(c21)c1ccccc1n3-c1ccc(B(c2ccc(-n3c4ccccc4c4c5c(ccc43)-c3ccccc3C5(C)C)cc2)c2ccc(-n3c4ccccc4c4c5c(ccc43)-c3ccccc3C5(C)C)cc2)cc1. The Bertz CT molecular complexity index is 4840. The molecule has 85 heavy (non-hydrogen) atoms. The fourth-order valence-corrected chi connectivity index (χ4v) is 16.9. The van der Waals surface area contributed by atoms with Crippen LogP contribution in [0.25, 0.3) is 116 Å². The molecule has 0 spiro atoms. The Morgan fingerprint density at radius 2 is 0.494 bits per heavy atom.